The van der Waals surface area contributed by atoms with Crippen LogP contribution in [0, 0.1) is 0 Å². The Kier molecular flexibility index (Phi) is 9.01. The molecule has 0 atom stereocenters. The lowest BCUT2D eigenvalue weighted by Gasteiger charge is -2.51. The van der Waals surface area contributed by atoms with E-state index in [1.807, 2.05) is 0 Å². The summed E-state index contributed by atoms with van der Waals surface area (Å²) in [5.74, 6) is -6.89. The van der Waals surface area contributed by atoms with E-state index in [-0.39, 0.29) is 0 Å². The predicted molar refractivity (Wildman–Crippen MR) is 76.7 cm³/mol. The van der Waals surface area contributed by atoms with Gasteiger partial charge < -0.3 is 9.47 Å². The van der Waals surface area contributed by atoms with Crippen molar-refractivity contribution in [3.63, 3.8) is 0 Å². The average molecular weight is 560 g/mol. The fourth-order valence-corrected chi connectivity index (χ4v) is 2.51. The molecule has 0 spiro atoms. The normalized spacial score (nSPS) is 14.6. The zero-order valence-corrected chi connectivity index (χ0v) is 16.3. The Bertz CT molecular complexity index is 760. The van der Waals surface area contributed by atoms with Crippen LogP contribution in [0.2, 0.25) is 0 Å². The van der Waals surface area contributed by atoms with Gasteiger partial charge in [0.05, 0.1) is 6.61 Å². The highest BCUT2D eigenvalue weighted by atomic mass is 19.4. The maximum absolute atomic E-state index is 14.7. The third-order valence-corrected chi connectivity index (χ3v) is 3.99. The highest BCUT2D eigenvalue weighted by Gasteiger charge is 2.98. The molecule has 0 saturated carbocycles. The lowest BCUT2D eigenvalue weighted by molar-refractivity contribution is -0.457. The van der Waals surface area contributed by atoms with Crippen molar-refractivity contribution in [2.75, 3.05) is 13.2 Å². The standard InChI is InChI=1S/C15H9F17O3/c1-5(2)8(33)34-3-4-35-9(6(16)7(17)18,10(19,12(21,22)23)13(24,25)26)11(20,14(27,28)29)15(30,31)32/h1,3-4H2,2H3. The summed E-state index contributed by atoms with van der Waals surface area (Å²) in [6.07, 6.45) is -37.8. The third-order valence-electron chi connectivity index (χ3n) is 3.99. The van der Waals surface area contributed by atoms with Gasteiger partial charge in [-0.15, -0.1) is 0 Å². The van der Waals surface area contributed by atoms with Crippen molar-refractivity contribution in [2.45, 2.75) is 48.6 Å². The monoisotopic (exact) mass is 560 g/mol. The third kappa shape index (κ3) is 5.16. The fraction of sp³-hybridized carbons (Fsp3) is 0.667. The Labute approximate surface area is 182 Å². The van der Waals surface area contributed by atoms with Crippen LogP contribution >= 0.6 is 0 Å². The van der Waals surface area contributed by atoms with Gasteiger partial charge in [-0.05, 0) is 6.92 Å². The van der Waals surface area contributed by atoms with E-state index < -0.39 is 78.3 Å². The number of carbonyl (C=O) groups is 1. The largest absolute Gasteiger partial charge is 0.460 e. The van der Waals surface area contributed by atoms with Crippen molar-refractivity contribution in [3.8, 4) is 0 Å². The number of rotatable bonds is 8. The maximum atomic E-state index is 14.7. The predicted octanol–water partition coefficient (Wildman–Crippen LogP) is 6.60. The van der Waals surface area contributed by atoms with Gasteiger partial charge in [-0.25, -0.2) is 18.0 Å². The molecule has 0 aromatic carbocycles. The Morgan fingerprint density at radius 3 is 1.20 bits per heavy atom. The number of carbonyl (C=O) groups excluding carboxylic acids is 1. The Balaban J connectivity index is 7.86. The number of halogens is 17. The molecule has 3 nitrogen and oxygen atoms in total. The van der Waals surface area contributed by atoms with E-state index in [4.69, 9.17) is 0 Å². The van der Waals surface area contributed by atoms with E-state index in [0.29, 0.717) is 0 Å². The molecular weight excluding hydrogens is 551 g/mol. The zero-order valence-electron chi connectivity index (χ0n) is 16.3. The topological polar surface area (TPSA) is 35.5 Å². The van der Waals surface area contributed by atoms with Crippen molar-refractivity contribution in [1.82, 2.24) is 0 Å². The van der Waals surface area contributed by atoms with E-state index >= 15 is 0 Å². The van der Waals surface area contributed by atoms with E-state index in [0.717, 1.165) is 6.92 Å². The van der Waals surface area contributed by atoms with Crippen LogP contribution in [0.3, 0.4) is 0 Å². The van der Waals surface area contributed by atoms with Gasteiger partial charge in [0, 0.05) is 5.57 Å². The summed E-state index contributed by atoms with van der Waals surface area (Å²) in [6, 6.07) is 0. The van der Waals surface area contributed by atoms with Gasteiger partial charge in [0.2, 0.25) is 11.4 Å². The molecule has 0 aliphatic heterocycles. The van der Waals surface area contributed by atoms with Gasteiger partial charge in [-0.2, -0.15) is 61.5 Å². The van der Waals surface area contributed by atoms with Gasteiger partial charge in [-0.1, -0.05) is 6.58 Å². The molecule has 0 radical (unpaired) electrons. The molecule has 0 aromatic rings. The maximum Gasteiger partial charge on any atom is 0.435 e. The first-order valence-electron chi connectivity index (χ1n) is 8.01. The first-order valence-corrected chi connectivity index (χ1v) is 8.01. The number of esters is 1. The van der Waals surface area contributed by atoms with Crippen LogP contribution in [0.25, 0.3) is 0 Å². The van der Waals surface area contributed by atoms with Gasteiger partial charge in [-0.3, -0.25) is 0 Å². The van der Waals surface area contributed by atoms with Crippen molar-refractivity contribution >= 4 is 5.97 Å². The molecule has 206 valence electrons. The summed E-state index contributed by atoms with van der Waals surface area (Å²) < 4.78 is 234. The Morgan fingerprint density at radius 2 is 0.971 bits per heavy atom. The summed E-state index contributed by atoms with van der Waals surface area (Å²) in [6.45, 7) is -1.12. The molecule has 35 heavy (non-hydrogen) atoms. The van der Waals surface area contributed by atoms with Crippen molar-refractivity contribution < 1.29 is 88.9 Å². The smallest absolute Gasteiger partial charge is 0.435 e. The minimum Gasteiger partial charge on any atom is -0.460 e. The highest BCUT2D eigenvalue weighted by Crippen LogP contribution is 2.67. The molecule has 0 aromatic heterocycles. The number of alkyl halides is 14. The van der Waals surface area contributed by atoms with Crippen LogP contribution in [0.5, 0.6) is 0 Å². The first-order chi connectivity index (χ1) is 15.2. The molecule has 0 heterocycles. The molecule has 0 aliphatic carbocycles. The summed E-state index contributed by atoms with van der Waals surface area (Å²) in [5, 5.41) is 0. The van der Waals surface area contributed by atoms with Crippen LogP contribution in [-0.4, -0.2) is 60.8 Å². The van der Waals surface area contributed by atoms with Crippen molar-refractivity contribution in [3.05, 3.63) is 24.1 Å². The van der Waals surface area contributed by atoms with E-state index in [1.165, 1.54) is 0 Å². The summed E-state index contributed by atoms with van der Waals surface area (Å²) in [5.41, 5.74) is -25.6. The molecule has 0 bridgehead atoms. The zero-order chi connectivity index (χ0) is 28.6. The molecular formula is C15H9F17O3. The molecule has 0 amide bonds. The van der Waals surface area contributed by atoms with Crippen LogP contribution in [0.4, 0.5) is 74.6 Å². The Hall–Kier alpha value is -2.28. The van der Waals surface area contributed by atoms with Crippen LogP contribution in [0.1, 0.15) is 6.92 Å². The van der Waals surface area contributed by atoms with Gasteiger partial charge in [0.25, 0.3) is 0 Å². The van der Waals surface area contributed by atoms with E-state index in [2.05, 4.69) is 16.1 Å². The van der Waals surface area contributed by atoms with Crippen molar-refractivity contribution in [2.24, 2.45) is 0 Å². The highest BCUT2D eigenvalue weighted by molar-refractivity contribution is 5.86. The quantitative estimate of drug-likeness (QED) is 0.145. The SMILES string of the molecule is C=C(C)C(=O)OCCOC(C(F)=C(F)F)(C(F)(C(F)(F)F)C(F)(F)F)C(F)(C(F)(F)F)C(F)(F)F. The van der Waals surface area contributed by atoms with Crippen molar-refractivity contribution in [1.29, 1.82) is 0 Å². The minimum atomic E-state index is -8.49. The van der Waals surface area contributed by atoms with Crippen LogP contribution in [-0.2, 0) is 14.3 Å². The number of hydrogen-bond donors (Lipinski definition) is 0. The second kappa shape index (κ2) is 9.64. The van der Waals surface area contributed by atoms with Gasteiger partial charge in [0.15, 0.2) is 0 Å². The second-order valence-corrected chi connectivity index (χ2v) is 6.33. The van der Waals surface area contributed by atoms with Gasteiger partial charge >= 0.3 is 48.1 Å². The first kappa shape index (κ1) is 32.7. The fourth-order valence-electron chi connectivity index (χ4n) is 2.51. The summed E-state index contributed by atoms with van der Waals surface area (Å²) in [7, 11) is 0. The lowest BCUT2D eigenvalue weighted by atomic mass is 9.69. The molecule has 0 unspecified atom stereocenters. The number of ether oxygens (including phenoxy) is 2. The van der Waals surface area contributed by atoms with Gasteiger partial charge in [0.1, 0.15) is 6.61 Å². The Morgan fingerprint density at radius 1 is 0.657 bits per heavy atom. The van der Waals surface area contributed by atoms with Crippen LogP contribution in [0.15, 0.2) is 24.1 Å². The average Bonchev–Trinajstić information content (AvgIpc) is 2.62. The van der Waals surface area contributed by atoms with Crippen LogP contribution < -0.4 is 0 Å². The minimum absolute atomic E-state index is 0.659. The molecule has 0 N–H and O–H groups in total. The summed E-state index contributed by atoms with van der Waals surface area (Å²) in [4.78, 5) is 11.1. The van der Waals surface area contributed by atoms with E-state index in [9.17, 15) is 79.4 Å². The van der Waals surface area contributed by atoms with E-state index in [1.54, 1.807) is 0 Å². The lowest BCUT2D eigenvalue weighted by Crippen LogP contribution is -2.82. The summed E-state index contributed by atoms with van der Waals surface area (Å²) >= 11 is 0. The molecule has 20 heteroatoms. The number of hydrogen-bond acceptors (Lipinski definition) is 3. The molecule has 0 saturated heterocycles. The second-order valence-electron chi connectivity index (χ2n) is 6.33. The molecule has 0 aliphatic rings. The molecule has 0 fully saturated rings. The molecule has 0 rings (SSSR count).